The molecule has 0 spiro atoms. The van der Waals surface area contributed by atoms with E-state index in [0.29, 0.717) is 5.95 Å². The van der Waals surface area contributed by atoms with Crippen molar-refractivity contribution in [3.05, 3.63) is 65.9 Å². The van der Waals surface area contributed by atoms with Gasteiger partial charge in [0.1, 0.15) is 5.75 Å². The second-order valence-corrected chi connectivity index (χ2v) is 5.26. The number of anilines is 2. The Kier molecular flexibility index (Phi) is 3.74. The highest BCUT2D eigenvalue weighted by Gasteiger charge is 2.06. The van der Waals surface area contributed by atoms with E-state index in [2.05, 4.69) is 47.3 Å². The number of hydrogen-bond donors (Lipinski definition) is 2. The molecule has 4 heteroatoms. The summed E-state index contributed by atoms with van der Waals surface area (Å²) in [6.07, 6.45) is 1.73. The zero-order valence-corrected chi connectivity index (χ0v) is 12.5. The summed E-state index contributed by atoms with van der Waals surface area (Å²) in [5.41, 5.74) is 5.09. The van der Waals surface area contributed by atoms with Gasteiger partial charge in [0.2, 0.25) is 5.95 Å². The first-order valence-corrected chi connectivity index (χ1v) is 7.08. The van der Waals surface area contributed by atoms with Crippen LogP contribution in [0.3, 0.4) is 0 Å². The highest BCUT2D eigenvalue weighted by atomic mass is 16.3. The summed E-state index contributed by atoms with van der Waals surface area (Å²) in [5.74, 6) is 0.708. The number of hydrogen-bond acceptors (Lipinski definition) is 4. The van der Waals surface area contributed by atoms with Crippen LogP contribution in [0.25, 0.3) is 11.3 Å². The van der Waals surface area contributed by atoms with Crippen molar-refractivity contribution in [2.24, 2.45) is 0 Å². The van der Waals surface area contributed by atoms with Crippen LogP contribution in [0.2, 0.25) is 0 Å². The number of phenols is 1. The average Bonchev–Trinajstić information content (AvgIpc) is 2.50. The van der Waals surface area contributed by atoms with Gasteiger partial charge in [0.25, 0.3) is 0 Å². The number of aromatic nitrogens is 2. The van der Waals surface area contributed by atoms with Gasteiger partial charge in [-0.3, -0.25) is 0 Å². The maximum absolute atomic E-state index is 9.51. The number of benzene rings is 2. The number of phenolic OH excluding ortho intramolecular Hbond substituents is 1. The third-order valence-electron chi connectivity index (χ3n) is 3.43. The molecule has 110 valence electrons. The number of nitrogens with zero attached hydrogens (tertiary/aromatic N) is 2. The van der Waals surface area contributed by atoms with Crippen LogP contribution in [0, 0.1) is 13.8 Å². The Morgan fingerprint density at radius 2 is 1.86 bits per heavy atom. The first-order valence-electron chi connectivity index (χ1n) is 7.08. The molecule has 0 saturated heterocycles. The second-order valence-electron chi connectivity index (χ2n) is 5.26. The van der Waals surface area contributed by atoms with Gasteiger partial charge in [0.15, 0.2) is 0 Å². The fourth-order valence-corrected chi connectivity index (χ4v) is 2.29. The van der Waals surface area contributed by atoms with E-state index in [9.17, 15) is 5.11 Å². The van der Waals surface area contributed by atoms with E-state index >= 15 is 0 Å². The smallest absolute Gasteiger partial charge is 0.227 e. The lowest BCUT2D eigenvalue weighted by molar-refractivity contribution is 0.475. The zero-order valence-electron chi connectivity index (χ0n) is 12.5. The predicted octanol–water partition coefficient (Wildman–Crippen LogP) is 4.21. The summed E-state index contributed by atoms with van der Waals surface area (Å²) in [6, 6.07) is 15.1. The Bertz CT molecular complexity index is 815. The Hall–Kier alpha value is -2.88. The van der Waals surface area contributed by atoms with Gasteiger partial charge in [-0.15, -0.1) is 0 Å². The molecule has 4 nitrogen and oxygen atoms in total. The van der Waals surface area contributed by atoms with Gasteiger partial charge < -0.3 is 10.4 Å². The average molecular weight is 291 g/mol. The third-order valence-corrected chi connectivity index (χ3v) is 3.43. The lowest BCUT2D eigenvalue weighted by Crippen LogP contribution is -1.98. The topological polar surface area (TPSA) is 58.0 Å². The molecule has 1 heterocycles. The second kappa shape index (κ2) is 5.85. The minimum Gasteiger partial charge on any atom is -0.508 e. The van der Waals surface area contributed by atoms with Crippen LogP contribution in [-0.4, -0.2) is 15.1 Å². The minimum atomic E-state index is 0.204. The van der Waals surface area contributed by atoms with Gasteiger partial charge in [-0.25, -0.2) is 9.97 Å². The van der Waals surface area contributed by atoms with Crippen molar-refractivity contribution in [2.45, 2.75) is 13.8 Å². The number of nitrogens with one attached hydrogen (secondary N) is 1. The largest absolute Gasteiger partial charge is 0.508 e. The van der Waals surface area contributed by atoms with Crippen molar-refractivity contribution in [3.8, 4) is 17.0 Å². The molecule has 2 N–H and O–H groups in total. The van der Waals surface area contributed by atoms with Crippen LogP contribution in [0.4, 0.5) is 11.6 Å². The molecule has 3 rings (SSSR count). The summed E-state index contributed by atoms with van der Waals surface area (Å²) in [4.78, 5) is 8.80. The Morgan fingerprint density at radius 3 is 2.68 bits per heavy atom. The lowest BCUT2D eigenvalue weighted by Gasteiger charge is -2.09. The molecule has 0 atom stereocenters. The molecule has 3 aromatic rings. The van der Waals surface area contributed by atoms with Crippen LogP contribution < -0.4 is 5.32 Å². The Morgan fingerprint density at radius 1 is 1.00 bits per heavy atom. The Balaban J connectivity index is 1.94. The summed E-state index contributed by atoms with van der Waals surface area (Å²) < 4.78 is 0. The molecule has 0 amide bonds. The molecule has 0 fully saturated rings. The number of aryl methyl sites for hydroxylation is 2. The summed E-state index contributed by atoms with van der Waals surface area (Å²) in [7, 11) is 0. The highest BCUT2D eigenvalue weighted by Crippen LogP contribution is 2.24. The third kappa shape index (κ3) is 3.06. The van der Waals surface area contributed by atoms with Crippen molar-refractivity contribution < 1.29 is 5.11 Å². The van der Waals surface area contributed by atoms with E-state index in [-0.39, 0.29) is 5.75 Å². The van der Waals surface area contributed by atoms with Gasteiger partial charge in [-0.2, -0.15) is 0 Å². The molecule has 22 heavy (non-hydrogen) atoms. The van der Waals surface area contributed by atoms with E-state index in [1.165, 1.54) is 11.1 Å². The van der Waals surface area contributed by atoms with Gasteiger partial charge in [-0.1, -0.05) is 23.8 Å². The SMILES string of the molecule is Cc1ccc(C)c(-c2ccnc(Nc3cccc(O)c3)n2)c1. The van der Waals surface area contributed by atoms with E-state index in [0.717, 1.165) is 16.9 Å². The van der Waals surface area contributed by atoms with E-state index in [1.807, 2.05) is 12.1 Å². The minimum absolute atomic E-state index is 0.204. The van der Waals surface area contributed by atoms with Crippen molar-refractivity contribution >= 4 is 11.6 Å². The maximum Gasteiger partial charge on any atom is 0.227 e. The van der Waals surface area contributed by atoms with Gasteiger partial charge >= 0.3 is 0 Å². The lowest BCUT2D eigenvalue weighted by atomic mass is 10.0. The number of rotatable bonds is 3. The monoisotopic (exact) mass is 291 g/mol. The van der Waals surface area contributed by atoms with Gasteiger partial charge in [-0.05, 0) is 43.7 Å². The van der Waals surface area contributed by atoms with Crippen molar-refractivity contribution in [3.63, 3.8) is 0 Å². The van der Waals surface area contributed by atoms with E-state index in [4.69, 9.17) is 0 Å². The fourth-order valence-electron chi connectivity index (χ4n) is 2.29. The van der Waals surface area contributed by atoms with Crippen molar-refractivity contribution in [1.82, 2.24) is 9.97 Å². The maximum atomic E-state index is 9.51. The molecular formula is C18H17N3O. The van der Waals surface area contributed by atoms with E-state index in [1.54, 1.807) is 24.4 Å². The van der Waals surface area contributed by atoms with Crippen molar-refractivity contribution in [2.75, 3.05) is 5.32 Å². The molecule has 0 aliphatic carbocycles. The molecule has 0 aliphatic heterocycles. The van der Waals surface area contributed by atoms with Crippen molar-refractivity contribution in [1.29, 1.82) is 0 Å². The molecule has 0 radical (unpaired) electrons. The molecule has 1 aromatic heterocycles. The van der Waals surface area contributed by atoms with Crippen LogP contribution in [0.5, 0.6) is 5.75 Å². The van der Waals surface area contributed by atoms with Crippen LogP contribution in [0.15, 0.2) is 54.7 Å². The first-order chi connectivity index (χ1) is 10.6. The van der Waals surface area contributed by atoms with Gasteiger partial charge in [0.05, 0.1) is 5.69 Å². The molecule has 2 aromatic carbocycles. The van der Waals surface area contributed by atoms with E-state index < -0.39 is 0 Å². The van der Waals surface area contributed by atoms with Crippen LogP contribution in [-0.2, 0) is 0 Å². The number of aromatic hydroxyl groups is 1. The zero-order chi connectivity index (χ0) is 15.5. The fraction of sp³-hybridized carbons (Fsp3) is 0.111. The summed E-state index contributed by atoms with van der Waals surface area (Å²) in [6.45, 7) is 4.13. The molecular weight excluding hydrogens is 274 g/mol. The Labute approximate surface area is 129 Å². The summed E-state index contributed by atoms with van der Waals surface area (Å²) in [5, 5.41) is 12.6. The molecule has 0 aliphatic rings. The molecule has 0 unspecified atom stereocenters. The van der Waals surface area contributed by atoms with Crippen LogP contribution in [0.1, 0.15) is 11.1 Å². The predicted molar refractivity (Wildman–Crippen MR) is 88.3 cm³/mol. The first kappa shape index (κ1) is 14.1. The quantitative estimate of drug-likeness (QED) is 0.759. The highest BCUT2D eigenvalue weighted by molar-refractivity contribution is 5.66. The summed E-state index contributed by atoms with van der Waals surface area (Å²) >= 11 is 0. The standard InChI is InChI=1S/C18H17N3O/c1-12-6-7-13(2)16(10-12)17-8-9-19-18(21-17)20-14-4-3-5-15(22)11-14/h3-11,22H,1-2H3,(H,19,20,21). The molecule has 0 saturated carbocycles. The van der Waals surface area contributed by atoms with Gasteiger partial charge in [0, 0.05) is 23.5 Å². The molecule has 0 bridgehead atoms. The normalized spacial score (nSPS) is 10.5. The van der Waals surface area contributed by atoms with Crippen LogP contribution >= 0.6 is 0 Å².